The highest BCUT2D eigenvalue weighted by Gasteiger charge is 2.09. The van der Waals surface area contributed by atoms with Crippen LogP contribution in [-0.2, 0) is 14.3 Å². The average Bonchev–Trinajstić information content (AvgIpc) is 2.60. The molecule has 2 aromatic rings. The Hall–Kier alpha value is -3.22. The van der Waals surface area contributed by atoms with Gasteiger partial charge in [0.2, 0.25) is 0 Å². The number of ether oxygens (including phenoxy) is 2. The van der Waals surface area contributed by atoms with Crippen LogP contribution in [0, 0.1) is 5.82 Å². The van der Waals surface area contributed by atoms with Gasteiger partial charge >= 0.3 is 5.97 Å². The first-order chi connectivity index (χ1) is 11.9. The summed E-state index contributed by atoms with van der Waals surface area (Å²) in [5.41, 5.74) is 1.01. The third-order valence-corrected chi connectivity index (χ3v) is 3.11. The van der Waals surface area contributed by atoms with E-state index in [9.17, 15) is 18.8 Å². The summed E-state index contributed by atoms with van der Waals surface area (Å²) in [6.07, 6.45) is 0. The number of rotatable bonds is 7. The highest BCUT2D eigenvalue weighted by Crippen LogP contribution is 2.11. The van der Waals surface area contributed by atoms with E-state index in [2.05, 4.69) is 5.32 Å². The molecule has 130 valence electrons. The zero-order valence-electron chi connectivity index (χ0n) is 13.5. The van der Waals surface area contributed by atoms with Crippen LogP contribution in [0.15, 0.2) is 48.5 Å². The summed E-state index contributed by atoms with van der Waals surface area (Å²) in [5.74, 6) is -1.43. The second-order valence-electron chi connectivity index (χ2n) is 5.08. The molecule has 1 amide bonds. The van der Waals surface area contributed by atoms with E-state index in [0.29, 0.717) is 17.0 Å². The molecule has 25 heavy (non-hydrogen) atoms. The number of nitrogens with one attached hydrogen (secondary N) is 1. The lowest BCUT2D eigenvalue weighted by Gasteiger charge is -2.08. The predicted octanol–water partition coefficient (Wildman–Crippen LogP) is 2.59. The van der Waals surface area contributed by atoms with E-state index in [1.54, 1.807) is 24.3 Å². The SMILES string of the molecule is CC(=O)c1ccc(NC(=O)COC(=O)COc2ccc(F)cc2)cc1. The van der Waals surface area contributed by atoms with Crippen LogP contribution >= 0.6 is 0 Å². The smallest absolute Gasteiger partial charge is 0.344 e. The average molecular weight is 345 g/mol. The quantitative estimate of drug-likeness (QED) is 0.616. The first-order valence-electron chi connectivity index (χ1n) is 7.39. The van der Waals surface area contributed by atoms with E-state index in [1.807, 2.05) is 0 Å². The van der Waals surface area contributed by atoms with Gasteiger partial charge in [0.05, 0.1) is 0 Å². The van der Waals surface area contributed by atoms with Crippen molar-refractivity contribution in [1.82, 2.24) is 0 Å². The second-order valence-corrected chi connectivity index (χ2v) is 5.08. The van der Waals surface area contributed by atoms with Gasteiger partial charge in [0.1, 0.15) is 11.6 Å². The Morgan fingerprint density at radius 3 is 2.20 bits per heavy atom. The maximum absolute atomic E-state index is 12.7. The molecule has 6 nitrogen and oxygen atoms in total. The Bertz CT molecular complexity index is 756. The van der Waals surface area contributed by atoms with Gasteiger partial charge in [-0.15, -0.1) is 0 Å². The Labute approximate surface area is 143 Å². The molecule has 0 radical (unpaired) electrons. The van der Waals surface area contributed by atoms with Crippen molar-refractivity contribution in [2.75, 3.05) is 18.5 Å². The number of esters is 1. The highest BCUT2D eigenvalue weighted by atomic mass is 19.1. The summed E-state index contributed by atoms with van der Waals surface area (Å²) in [6.45, 7) is 0.577. The van der Waals surface area contributed by atoms with Gasteiger partial charge < -0.3 is 14.8 Å². The number of hydrogen-bond donors (Lipinski definition) is 1. The molecule has 0 saturated carbocycles. The summed E-state index contributed by atoms with van der Waals surface area (Å²) >= 11 is 0. The van der Waals surface area contributed by atoms with Crippen LogP contribution in [0.4, 0.5) is 10.1 Å². The minimum absolute atomic E-state index is 0.0760. The van der Waals surface area contributed by atoms with Crippen LogP contribution in [-0.4, -0.2) is 30.9 Å². The van der Waals surface area contributed by atoms with Crippen molar-refractivity contribution in [2.24, 2.45) is 0 Å². The molecule has 0 heterocycles. The molecule has 0 spiro atoms. The molecule has 0 bridgehead atoms. The van der Waals surface area contributed by atoms with Crippen LogP contribution in [0.3, 0.4) is 0 Å². The zero-order valence-corrected chi connectivity index (χ0v) is 13.5. The Balaban J connectivity index is 1.72. The fourth-order valence-corrected chi connectivity index (χ4v) is 1.85. The fourth-order valence-electron chi connectivity index (χ4n) is 1.85. The van der Waals surface area contributed by atoms with Gasteiger partial charge in [0.25, 0.3) is 5.91 Å². The molecule has 7 heteroatoms. The maximum atomic E-state index is 12.7. The lowest BCUT2D eigenvalue weighted by molar-refractivity contribution is -0.149. The monoisotopic (exact) mass is 345 g/mol. The summed E-state index contributed by atoms with van der Waals surface area (Å²) in [5, 5.41) is 2.53. The third kappa shape index (κ3) is 6.06. The molecule has 0 unspecified atom stereocenters. The molecule has 0 fully saturated rings. The number of carbonyl (C=O) groups is 3. The van der Waals surface area contributed by atoms with Crippen molar-refractivity contribution < 1.29 is 28.2 Å². The molecule has 0 aliphatic carbocycles. The molecule has 2 rings (SSSR count). The van der Waals surface area contributed by atoms with E-state index < -0.39 is 30.9 Å². The van der Waals surface area contributed by atoms with Crippen molar-refractivity contribution >= 4 is 23.3 Å². The van der Waals surface area contributed by atoms with Crippen molar-refractivity contribution in [3.8, 4) is 5.75 Å². The van der Waals surface area contributed by atoms with Gasteiger partial charge in [-0.3, -0.25) is 9.59 Å². The number of benzene rings is 2. The summed E-state index contributed by atoms with van der Waals surface area (Å²) in [7, 11) is 0. The van der Waals surface area contributed by atoms with E-state index in [1.165, 1.54) is 31.2 Å². The van der Waals surface area contributed by atoms with Crippen LogP contribution in [0.1, 0.15) is 17.3 Å². The minimum atomic E-state index is -0.730. The highest BCUT2D eigenvalue weighted by molar-refractivity contribution is 5.96. The number of carbonyl (C=O) groups excluding carboxylic acids is 3. The van der Waals surface area contributed by atoms with E-state index in [0.717, 1.165) is 0 Å². The van der Waals surface area contributed by atoms with Crippen LogP contribution in [0.5, 0.6) is 5.75 Å². The number of hydrogen-bond acceptors (Lipinski definition) is 5. The van der Waals surface area contributed by atoms with Crippen molar-refractivity contribution in [2.45, 2.75) is 6.92 Å². The standard InChI is InChI=1S/C18H16FNO5/c1-12(21)13-2-6-15(7-3-13)20-17(22)10-25-18(23)11-24-16-8-4-14(19)5-9-16/h2-9H,10-11H2,1H3,(H,20,22). The predicted molar refractivity (Wildman–Crippen MR) is 87.9 cm³/mol. The van der Waals surface area contributed by atoms with Crippen LogP contribution < -0.4 is 10.1 Å². The molecule has 0 saturated heterocycles. The molecule has 0 atom stereocenters. The largest absolute Gasteiger partial charge is 0.482 e. The fraction of sp³-hybridized carbons (Fsp3) is 0.167. The Kier molecular flexibility index (Phi) is 6.22. The second kappa shape index (κ2) is 8.58. The molecule has 0 aliphatic heterocycles. The lowest BCUT2D eigenvalue weighted by Crippen LogP contribution is -2.23. The van der Waals surface area contributed by atoms with Gasteiger partial charge in [-0.25, -0.2) is 9.18 Å². The zero-order chi connectivity index (χ0) is 18.2. The Morgan fingerprint density at radius 2 is 1.60 bits per heavy atom. The van der Waals surface area contributed by atoms with Gasteiger partial charge in [-0.05, 0) is 55.5 Å². The number of amides is 1. The number of halogens is 1. The Morgan fingerprint density at radius 1 is 0.960 bits per heavy atom. The van der Waals surface area contributed by atoms with Crippen molar-refractivity contribution in [1.29, 1.82) is 0 Å². The van der Waals surface area contributed by atoms with Gasteiger partial charge in [0, 0.05) is 11.3 Å². The van der Waals surface area contributed by atoms with Crippen LogP contribution in [0.2, 0.25) is 0 Å². The van der Waals surface area contributed by atoms with Crippen molar-refractivity contribution in [3.05, 3.63) is 59.9 Å². The topological polar surface area (TPSA) is 81.7 Å². The molecule has 0 aliphatic rings. The lowest BCUT2D eigenvalue weighted by atomic mass is 10.1. The van der Waals surface area contributed by atoms with Crippen LogP contribution in [0.25, 0.3) is 0 Å². The summed E-state index contributed by atoms with van der Waals surface area (Å²) < 4.78 is 22.6. The van der Waals surface area contributed by atoms with E-state index in [4.69, 9.17) is 9.47 Å². The molecular weight excluding hydrogens is 329 g/mol. The van der Waals surface area contributed by atoms with Crippen molar-refractivity contribution in [3.63, 3.8) is 0 Å². The first kappa shape index (κ1) is 18.1. The van der Waals surface area contributed by atoms with Gasteiger partial charge in [0.15, 0.2) is 19.0 Å². The first-order valence-corrected chi connectivity index (χ1v) is 7.39. The number of anilines is 1. The number of Topliss-reactive ketones (excluding diaryl/α,β-unsaturated/α-hetero) is 1. The summed E-state index contributed by atoms with van der Waals surface area (Å²) in [6, 6.07) is 11.5. The van der Waals surface area contributed by atoms with Gasteiger partial charge in [-0.1, -0.05) is 0 Å². The van der Waals surface area contributed by atoms with Gasteiger partial charge in [-0.2, -0.15) is 0 Å². The normalized spacial score (nSPS) is 10.0. The van der Waals surface area contributed by atoms with E-state index in [-0.39, 0.29) is 5.78 Å². The minimum Gasteiger partial charge on any atom is -0.482 e. The number of ketones is 1. The maximum Gasteiger partial charge on any atom is 0.344 e. The molecule has 2 aromatic carbocycles. The summed E-state index contributed by atoms with van der Waals surface area (Å²) in [4.78, 5) is 34.4. The van der Waals surface area contributed by atoms with E-state index >= 15 is 0 Å². The molecule has 1 N–H and O–H groups in total. The third-order valence-electron chi connectivity index (χ3n) is 3.11. The molecule has 0 aromatic heterocycles. The molecular formula is C18H16FNO5.